The summed E-state index contributed by atoms with van der Waals surface area (Å²) in [5.41, 5.74) is 1.98. The highest BCUT2D eigenvalue weighted by molar-refractivity contribution is 14.1. The SMILES string of the molecule is CC(C(=O)N(C)C)n1cc(I)c(-c2ccccc2)n1. The zero-order chi connectivity index (χ0) is 14.0. The normalized spacial score (nSPS) is 12.2. The molecule has 1 atom stereocenters. The number of aromatic nitrogens is 2. The van der Waals surface area contributed by atoms with Crippen molar-refractivity contribution in [1.29, 1.82) is 0 Å². The molecule has 1 unspecified atom stereocenters. The summed E-state index contributed by atoms with van der Waals surface area (Å²) in [7, 11) is 3.51. The molecule has 1 amide bonds. The summed E-state index contributed by atoms with van der Waals surface area (Å²) in [5, 5.41) is 4.55. The second-order valence-corrected chi connectivity index (χ2v) is 5.74. The Morgan fingerprint density at radius 1 is 1.32 bits per heavy atom. The van der Waals surface area contributed by atoms with Crippen LogP contribution in [0.5, 0.6) is 0 Å². The highest BCUT2D eigenvalue weighted by Crippen LogP contribution is 2.24. The largest absolute Gasteiger partial charge is 0.347 e. The minimum Gasteiger partial charge on any atom is -0.347 e. The maximum atomic E-state index is 12.0. The lowest BCUT2D eigenvalue weighted by molar-refractivity contribution is -0.131. The first kappa shape index (κ1) is 14.0. The Morgan fingerprint density at radius 2 is 1.95 bits per heavy atom. The fourth-order valence-electron chi connectivity index (χ4n) is 1.85. The number of carbonyl (C=O) groups excluding carboxylic acids is 1. The molecule has 0 spiro atoms. The summed E-state index contributed by atoms with van der Waals surface area (Å²) in [6.45, 7) is 1.86. The molecule has 2 rings (SSSR count). The number of halogens is 1. The van der Waals surface area contributed by atoms with Crippen molar-refractivity contribution in [2.45, 2.75) is 13.0 Å². The van der Waals surface area contributed by atoms with Gasteiger partial charge < -0.3 is 4.90 Å². The molecule has 100 valence electrons. The highest BCUT2D eigenvalue weighted by atomic mass is 127. The molecule has 0 fully saturated rings. The third kappa shape index (κ3) is 2.97. The molecule has 0 saturated heterocycles. The van der Waals surface area contributed by atoms with E-state index >= 15 is 0 Å². The van der Waals surface area contributed by atoms with E-state index in [2.05, 4.69) is 27.7 Å². The molecule has 0 aliphatic carbocycles. The van der Waals surface area contributed by atoms with E-state index in [-0.39, 0.29) is 11.9 Å². The van der Waals surface area contributed by atoms with Crippen LogP contribution in [-0.2, 0) is 4.79 Å². The Labute approximate surface area is 126 Å². The Kier molecular flexibility index (Phi) is 4.24. The van der Waals surface area contributed by atoms with Crippen LogP contribution in [0.3, 0.4) is 0 Å². The summed E-state index contributed by atoms with van der Waals surface area (Å²) in [4.78, 5) is 13.5. The first-order valence-electron chi connectivity index (χ1n) is 6.02. The minimum absolute atomic E-state index is 0.0403. The molecule has 0 radical (unpaired) electrons. The zero-order valence-corrected chi connectivity index (χ0v) is 13.3. The second kappa shape index (κ2) is 5.73. The summed E-state index contributed by atoms with van der Waals surface area (Å²) < 4.78 is 2.77. The summed E-state index contributed by atoms with van der Waals surface area (Å²) in [6.07, 6.45) is 1.91. The summed E-state index contributed by atoms with van der Waals surface area (Å²) in [6, 6.07) is 9.70. The maximum absolute atomic E-state index is 12.0. The van der Waals surface area contributed by atoms with E-state index in [0.717, 1.165) is 14.8 Å². The predicted molar refractivity (Wildman–Crippen MR) is 83.8 cm³/mol. The number of likely N-dealkylation sites (N-methyl/N-ethyl adjacent to an activating group) is 1. The van der Waals surface area contributed by atoms with Gasteiger partial charge in [-0.3, -0.25) is 9.48 Å². The van der Waals surface area contributed by atoms with Crippen molar-refractivity contribution in [2.75, 3.05) is 14.1 Å². The lowest BCUT2D eigenvalue weighted by atomic mass is 10.2. The molecule has 0 saturated carbocycles. The average Bonchev–Trinajstić information content (AvgIpc) is 2.80. The van der Waals surface area contributed by atoms with Crippen molar-refractivity contribution in [3.63, 3.8) is 0 Å². The minimum atomic E-state index is -0.291. The van der Waals surface area contributed by atoms with E-state index in [9.17, 15) is 4.79 Å². The van der Waals surface area contributed by atoms with Gasteiger partial charge in [-0.25, -0.2) is 0 Å². The molecular weight excluding hydrogens is 353 g/mol. The third-order valence-corrected chi connectivity index (χ3v) is 3.72. The molecule has 5 heteroatoms. The average molecular weight is 369 g/mol. The van der Waals surface area contributed by atoms with Gasteiger partial charge in [0, 0.05) is 25.9 Å². The van der Waals surface area contributed by atoms with Crippen LogP contribution in [0, 0.1) is 3.57 Å². The van der Waals surface area contributed by atoms with Crippen LogP contribution in [-0.4, -0.2) is 34.7 Å². The molecule has 1 aromatic heterocycles. The van der Waals surface area contributed by atoms with Gasteiger partial charge in [0.25, 0.3) is 0 Å². The fourth-order valence-corrected chi connectivity index (χ4v) is 2.55. The van der Waals surface area contributed by atoms with Gasteiger partial charge in [0.2, 0.25) is 5.91 Å². The quantitative estimate of drug-likeness (QED) is 0.781. The van der Waals surface area contributed by atoms with Crippen molar-refractivity contribution in [3.05, 3.63) is 40.1 Å². The monoisotopic (exact) mass is 369 g/mol. The lowest BCUT2D eigenvalue weighted by Gasteiger charge is -2.16. The Bertz CT molecular complexity index is 578. The fraction of sp³-hybridized carbons (Fsp3) is 0.286. The topological polar surface area (TPSA) is 38.1 Å². The van der Waals surface area contributed by atoms with Crippen molar-refractivity contribution in [2.24, 2.45) is 0 Å². The van der Waals surface area contributed by atoms with Gasteiger partial charge in [0.1, 0.15) is 11.7 Å². The van der Waals surface area contributed by atoms with E-state index in [0.29, 0.717) is 0 Å². The van der Waals surface area contributed by atoms with Crippen LogP contribution in [0.15, 0.2) is 36.5 Å². The van der Waals surface area contributed by atoms with Crippen molar-refractivity contribution >= 4 is 28.5 Å². The maximum Gasteiger partial charge on any atom is 0.246 e. The van der Waals surface area contributed by atoms with Gasteiger partial charge in [0.15, 0.2) is 0 Å². The Hall–Kier alpha value is -1.37. The molecule has 4 nitrogen and oxygen atoms in total. The van der Waals surface area contributed by atoms with Crippen LogP contribution in [0.1, 0.15) is 13.0 Å². The molecule has 1 heterocycles. The van der Waals surface area contributed by atoms with E-state index < -0.39 is 0 Å². The van der Waals surface area contributed by atoms with E-state index in [1.54, 1.807) is 23.7 Å². The van der Waals surface area contributed by atoms with Crippen LogP contribution < -0.4 is 0 Å². The second-order valence-electron chi connectivity index (χ2n) is 4.58. The number of carbonyl (C=O) groups is 1. The van der Waals surface area contributed by atoms with Crippen molar-refractivity contribution in [1.82, 2.24) is 14.7 Å². The molecule has 0 bridgehead atoms. The number of nitrogens with zero attached hydrogens (tertiary/aromatic N) is 3. The van der Waals surface area contributed by atoms with Gasteiger partial charge in [-0.05, 0) is 29.5 Å². The molecule has 0 aliphatic rings. The number of hydrogen-bond donors (Lipinski definition) is 0. The molecule has 0 N–H and O–H groups in total. The Morgan fingerprint density at radius 3 is 2.53 bits per heavy atom. The van der Waals surface area contributed by atoms with Crippen LogP contribution >= 0.6 is 22.6 Å². The van der Waals surface area contributed by atoms with Gasteiger partial charge in [-0.2, -0.15) is 5.10 Å². The highest BCUT2D eigenvalue weighted by Gasteiger charge is 2.19. The molecular formula is C14H16IN3O. The summed E-state index contributed by atoms with van der Waals surface area (Å²) in [5.74, 6) is 0.0403. The van der Waals surface area contributed by atoms with Crippen LogP contribution in [0.2, 0.25) is 0 Å². The third-order valence-electron chi connectivity index (χ3n) is 2.93. The van der Waals surface area contributed by atoms with Gasteiger partial charge in [0.05, 0.1) is 3.57 Å². The summed E-state index contributed by atoms with van der Waals surface area (Å²) >= 11 is 2.25. The van der Waals surface area contributed by atoms with E-state index in [1.165, 1.54) is 0 Å². The smallest absolute Gasteiger partial charge is 0.246 e. The van der Waals surface area contributed by atoms with Gasteiger partial charge >= 0.3 is 0 Å². The molecule has 1 aromatic carbocycles. The number of hydrogen-bond acceptors (Lipinski definition) is 2. The van der Waals surface area contributed by atoms with Crippen LogP contribution in [0.25, 0.3) is 11.3 Å². The van der Waals surface area contributed by atoms with Gasteiger partial charge in [-0.1, -0.05) is 30.3 Å². The number of rotatable bonds is 3. The first-order valence-corrected chi connectivity index (χ1v) is 7.10. The first-order chi connectivity index (χ1) is 9.00. The van der Waals surface area contributed by atoms with Crippen molar-refractivity contribution < 1.29 is 4.79 Å². The standard InChI is InChI=1S/C14H16IN3O/c1-10(14(19)17(2)3)18-9-12(15)13(16-18)11-7-5-4-6-8-11/h4-10H,1-3H3. The lowest BCUT2D eigenvalue weighted by Crippen LogP contribution is -2.30. The predicted octanol–water partition coefficient (Wildman–Crippen LogP) is 2.80. The van der Waals surface area contributed by atoms with Crippen molar-refractivity contribution in [3.8, 4) is 11.3 Å². The number of amides is 1. The van der Waals surface area contributed by atoms with E-state index in [4.69, 9.17) is 0 Å². The molecule has 0 aliphatic heterocycles. The Balaban J connectivity index is 2.34. The van der Waals surface area contributed by atoms with E-state index in [1.807, 2.05) is 43.5 Å². The molecule has 2 aromatic rings. The van der Waals surface area contributed by atoms with Crippen LogP contribution in [0.4, 0.5) is 0 Å². The number of benzene rings is 1. The molecule has 19 heavy (non-hydrogen) atoms. The zero-order valence-electron chi connectivity index (χ0n) is 11.2. The van der Waals surface area contributed by atoms with Gasteiger partial charge in [-0.15, -0.1) is 0 Å².